The van der Waals surface area contributed by atoms with Gasteiger partial charge < -0.3 is 14.8 Å². The number of nitrogens with one attached hydrogen (secondary N) is 1. The maximum Gasteiger partial charge on any atom is 0.300 e. The fourth-order valence-electron chi connectivity index (χ4n) is 3.26. The Morgan fingerprint density at radius 2 is 1.82 bits per heavy atom. The number of fused-ring (bicyclic) bond motifs is 1. The quantitative estimate of drug-likeness (QED) is 0.398. The molecule has 1 N–H and O–H groups in total. The molecule has 0 bridgehead atoms. The molecule has 2 heterocycles. The second kappa shape index (κ2) is 9.78. The van der Waals surface area contributed by atoms with Crippen LogP contribution in [0, 0.1) is 0 Å². The first-order valence-electron chi connectivity index (χ1n) is 10.3. The molecule has 1 amide bonds. The van der Waals surface area contributed by atoms with Crippen LogP contribution in [0.3, 0.4) is 0 Å². The molecule has 0 aliphatic heterocycles. The van der Waals surface area contributed by atoms with Crippen molar-refractivity contribution in [2.45, 2.75) is 23.8 Å². The van der Waals surface area contributed by atoms with Gasteiger partial charge in [-0.3, -0.25) is 18.6 Å². The van der Waals surface area contributed by atoms with Crippen LogP contribution in [0.4, 0.5) is 5.69 Å². The van der Waals surface area contributed by atoms with Crippen LogP contribution >= 0.6 is 11.8 Å². The van der Waals surface area contributed by atoms with Gasteiger partial charge in [0.05, 0.1) is 25.2 Å². The molecule has 33 heavy (non-hydrogen) atoms. The third kappa shape index (κ3) is 4.70. The summed E-state index contributed by atoms with van der Waals surface area (Å²) < 4.78 is 13.5. The third-order valence-corrected chi connectivity index (χ3v) is 6.36. The van der Waals surface area contributed by atoms with Gasteiger partial charge in [0.25, 0.3) is 0 Å². The topological polar surface area (TPSA) is 99.8 Å². The number of hydrogen-bond acceptors (Lipinski definition) is 7. The fraction of sp³-hybridized carbons (Fsp3) is 0.217. The van der Waals surface area contributed by atoms with Gasteiger partial charge in [-0.25, -0.2) is 0 Å². The Labute approximate surface area is 194 Å². The molecule has 4 rings (SSSR count). The highest BCUT2D eigenvalue weighted by atomic mass is 32.2. The first kappa shape index (κ1) is 22.4. The highest BCUT2D eigenvalue weighted by molar-refractivity contribution is 8.00. The minimum Gasteiger partial charge on any atom is -0.497 e. The van der Waals surface area contributed by atoms with Crippen LogP contribution in [0.5, 0.6) is 11.5 Å². The normalized spacial score (nSPS) is 11.8. The van der Waals surface area contributed by atoms with E-state index in [4.69, 9.17) is 9.47 Å². The Hall–Kier alpha value is -3.79. The molecule has 0 spiro atoms. The predicted octanol–water partition coefficient (Wildman–Crippen LogP) is 3.41. The number of methoxy groups -OCH3 is 2. The molecule has 0 radical (unpaired) electrons. The maximum atomic E-state index is 13.0. The summed E-state index contributed by atoms with van der Waals surface area (Å²) in [5, 5.41) is 11.2. The van der Waals surface area contributed by atoms with Crippen LogP contribution < -0.4 is 20.3 Å². The van der Waals surface area contributed by atoms with E-state index in [2.05, 4.69) is 15.5 Å². The van der Waals surface area contributed by atoms with Crippen molar-refractivity contribution in [3.8, 4) is 17.2 Å². The van der Waals surface area contributed by atoms with Gasteiger partial charge in [-0.2, -0.15) is 0 Å². The van der Waals surface area contributed by atoms with Crippen molar-refractivity contribution in [3.63, 3.8) is 0 Å². The van der Waals surface area contributed by atoms with Gasteiger partial charge in [-0.1, -0.05) is 24.8 Å². The van der Waals surface area contributed by atoms with Gasteiger partial charge in [-0.05, 0) is 42.8 Å². The first-order chi connectivity index (χ1) is 16.0. The average Bonchev–Trinajstić information content (AvgIpc) is 3.26. The van der Waals surface area contributed by atoms with E-state index in [9.17, 15) is 9.59 Å². The van der Waals surface area contributed by atoms with E-state index >= 15 is 0 Å². The standard InChI is InChI=1S/C23H23N5O4S/c1-4-19(21(29)24-15-8-10-17(31-2)11-9-15)33-23-26-25-20-22(30)27(12-13-28(20)23)16-6-5-7-18(14-16)32-3/h5-14,19H,4H2,1-3H3,(H,24,29)/t19-/m0/s1. The number of rotatable bonds is 8. The van der Waals surface area contributed by atoms with Crippen LogP contribution in [0.1, 0.15) is 13.3 Å². The minimum atomic E-state index is -0.416. The zero-order chi connectivity index (χ0) is 23.4. The molecular weight excluding hydrogens is 442 g/mol. The number of aromatic nitrogens is 4. The molecule has 9 nitrogen and oxygen atoms in total. The maximum absolute atomic E-state index is 13.0. The van der Waals surface area contributed by atoms with Gasteiger partial charge in [0.1, 0.15) is 11.5 Å². The summed E-state index contributed by atoms with van der Waals surface area (Å²) in [4.78, 5) is 25.9. The third-order valence-electron chi connectivity index (χ3n) is 5.04. The lowest BCUT2D eigenvalue weighted by molar-refractivity contribution is -0.115. The van der Waals surface area contributed by atoms with Crippen LogP contribution in [0.15, 0.2) is 70.9 Å². The molecule has 0 aliphatic carbocycles. The molecule has 4 aromatic rings. The van der Waals surface area contributed by atoms with Gasteiger partial charge >= 0.3 is 5.56 Å². The van der Waals surface area contributed by atoms with Crippen molar-refractivity contribution in [3.05, 3.63) is 71.3 Å². The van der Waals surface area contributed by atoms with Crippen molar-refractivity contribution in [2.75, 3.05) is 19.5 Å². The Kier molecular flexibility index (Phi) is 6.64. The SMILES string of the molecule is CC[C@H](Sc1nnc2c(=O)n(-c3cccc(OC)c3)ccn12)C(=O)Nc1ccc(OC)cc1. The van der Waals surface area contributed by atoms with E-state index in [0.717, 1.165) is 0 Å². The monoisotopic (exact) mass is 465 g/mol. The van der Waals surface area contributed by atoms with E-state index in [1.165, 1.54) is 16.3 Å². The molecule has 2 aromatic carbocycles. The minimum absolute atomic E-state index is 0.158. The Bertz CT molecular complexity index is 1330. The molecule has 0 aliphatic rings. The summed E-state index contributed by atoms with van der Waals surface area (Å²) in [6, 6.07) is 14.3. The van der Waals surface area contributed by atoms with Crippen molar-refractivity contribution < 1.29 is 14.3 Å². The van der Waals surface area contributed by atoms with Crippen molar-refractivity contribution in [1.82, 2.24) is 19.2 Å². The summed E-state index contributed by atoms with van der Waals surface area (Å²) in [6.07, 6.45) is 3.94. The number of nitrogens with zero attached hydrogens (tertiary/aromatic N) is 4. The average molecular weight is 466 g/mol. The number of benzene rings is 2. The van der Waals surface area contributed by atoms with Gasteiger partial charge in [0.15, 0.2) is 5.16 Å². The zero-order valence-electron chi connectivity index (χ0n) is 18.4. The lowest BCUT2D eigenvalue weighted by Gasteiger charge is -2.14. The number of hydrogen-bond donors (Lipinski definition) is 1. The van der Waals surface area contributed by atoms with E-state index in [0.29, 0.717) is 34.5 Å². The molecule has 0 saturated carbocycles. The van der Waals surface area contributed by atoms with E-state index in [1.807, 2.05) is 19.1 Å². The van der Waals surface area contributed by atoms with E-state index in [-0.39, 0.29) is 17.1 Å². The molecule has 2 aromatic heterocycles. The number of ether oxygens (including phenoxy) is 2. The molecular formula is C23H23N5O4S. The summed E-state index contributed by atoms with van der Waals surface area (Å²) in [5.41, 5.74) is 1.19. The molecule has 1 atom stereocenters. The van der Waals surface area contributed by atoms with Crippen molar-refractivity contribution in [2.24, 2.45) is 0 Å². The number of carbonyl (C=O) groups is 1. The zero-order valence-corrected chi connectivity index (χ0v) is 19.2. The Balaban J connectivity index is 1.56. The van der Waals surface area contributed by atoms with E-state index < -0.39 is 5.25 Å². The highest BCUT2D eigenvalue weighted by Gasteiger charge is 2.22. The lowest BCUT2D eigenvalue weighted by atomic mass is 10.2. The molecule has 0 fully saturated rings. The Morgan fingerprint density at radius 3 is 2.52 bits per heavy atom. The van der Waals surface area contributed by atoms with Gasteiger partial charge in [0, 0.05) is 24.1 Å². The van der Waals surface area contributed by atoms with E-state index in [1.54, 1.807) is 67.4 Å². The largest absolute Gasteiger partial charge is 0.497 e. The number of amides is 1. The number of carbonyl (C=O) groups excluding carboxylic acids is 1. The molecule has 0 unspecified atom stereocenters. The summed E-state index contributed by atoms with van der Waals surface area (Å²) in [5.74, 6) is 1.20. The lowest BCUT2D eigenvalue weighted by Crippen LogP contribution is -2.25. The van der Waals surface area contributed by atoms with Crippen molar-refractivity contribution >= 4 is 29.0 Å². The highest BCUT2D eigenvalue weighted by Crippen LogP contribution is 2.26. The van der Waals surface area contributed by atoms with Crippen LogP contribution in [-0.2, 0) is 4.79 Å². The molecule has 10 heteroatoms. The predicted molar refractivity (Wildman–Crippen MR) is 127 cm³/mol. The number of thioether (sulfide) groups is 1. The smallest absolute Gasteiger partial charge is 0.300 e. The van der Waals surface area contributed by atoms with Crippen LogP contribution in [-0.4, -0.2) is 44.5 Å². The summed E-state index contributed by atoms with van der Waals surface area (Å²) in [7, 11) is 3.16. The molecule has 170 valence electrons. The van der Waals surface area contributed by atoms with Crippen molar-refractivity contribution in [1.29, 1.82) is 0 Å². The summed E-state index contributed by atoms with van der Waals surface area (Å²) >= 11 is 1.26. The number of anilines is 1. The second-order valence-corrected chi connectivity index (χ2v) is 8.25. The Morgan fingerprint density at radius 1 is 1.06 bits per heavy atom. The van der Waals surface area contributed by atoms with Gasteiger partial charge in [-0.15, -0.1) is 10.2 Å². The molecule has 0 saturated heterocycles. The first-order valence-corrected chi connectivity index (χ1v) is 11.1. The van der Waals surface area contributed by atoms with Gasteiger partial charge in [0.2, 0.25) is 11.6 Å². The fourth-order valence-corrected chi connectivity index (χ4v) is 4.19. The van der Waals surface area contributed by atoms with Crippen LogP contribution in [0.25, 0.3) is 11.3 Å². The second-order valence-electron chi connectivity index (χ2n) is 7.08. The van der Waals surface area contributed by atoms with Crippen LogP contribution in [0.2, 0.25) is 0 Å². The summed E-state index contributed by atoms with van der Waals surface area (Å²) in [6.45, 7) is 1.92.